The zero-order valence-corrected chi connectivity index (χ0v) is 7.43. The smallest absolute Gasteiger partial charge is 0.183 e. The summed E-state index contributed by atoms with van der Waals surface area (Å²) in [6, 6.07) is 0. The van der Waals surface area contributed by atoms with Crippen LogP contribution < -0.4 is 0 Å². The van der Waals surface area contributed by atoms with Crippen molar-refractivity contribution in [1.29, 1.82) is 0 Å². The Morgan fingerprint density at radius 3 is 2.77 bits per heavy atom. The van der Waals surface area contributed by atoms with Crippen molar-refractivity contribution >= 4 is 5.78 Å². The van der Waals surface area contributed by atoms with Gasteiger partial charge in [-0.15, -0.1) is 0 Å². The Morgan fingerprint density at radius 1 is 1.62 bits per heavy atom. The van der Waals surface area contributed by atoms with Crippen molar-refractivity contribution in [1.82, 2.24) is 0 Å². The molecule has 3 unspecified atom stereocenters. The predicted octanol–water partition coefficient (Wildman–Crippen LogP) is -1.20. The molecule has 5 nitrogen and oxygen atoms in total. The highest BCUT2D eigenvalue weighted by molar-refractivity contribution is 5.76. The fourth-order valence-electron chi connectivity index (χ4n) is 1.48. The van der Waals surface area contributed by atoms with Gasteiger partial charge in [0.15, 0.2) is 6.29 Å². The third-order valence-corrected chi connectivity index (χ3v) is 2.20. The number of aliphatic hydroxyl groups excluding tert-OH is 2. The quantitative estimate of drug-likeness (QED) is 0.509. The van der Waals surface area contributed by atoms with Gasteiger partial charge in [0.05, 0.1) is 6.61 Å². The topological polar surface area (TPSA) is 87.0 Å². The molecule has 0 aromatic carbocycles. The molecule has 1 saturated heterocycles. The molecule has 0 amide bonds. The second kappa shape index (κ2) is 3.71. The molecule has 0 aliphatic carbocycles. The molecule has 0 aromatic rings. The zero-order chi connectivity index (χ0) is 10.1. The standard InChI is InChI=1S/C8H14O5/c1-5(9)4-8(12)2-3-13-7(11)6(8)10/h6-7,10-12H,2-4H2,1H3. The van der Waals surface area contributed by atoms with Gasteiger partial charge in [-0.25, -0.2) is 0 Å². The second-order valence-corrected chi connectivity index (χ2v) is 3.44. The maximum absolute atomic E-state index is 10.8. The third kappa shape index (κ3) is 2.25. The van der Waals surface area contributed by atoms with Gasteiger partial charge in [-0.05, 0) is 6.92 Å². The first kappa shape index (κ1) is 10.6. The lowest BCUT2D eigenvalue weighted by atomic mass is 9.86. The first-order chi connectivity index (χ1) is 5.96. The predicted molar refractivity (Wildman–Crippen MR) is 42.8 cm³/mol. The van der Waals surface area contributed by atoms with Crippen molar-refractivity contribution in [2.45, 2.75) is 37.8 Å². The number of ketones is 1. The number of hydrogen-bond donors (Lipinski definition) is 3. The molecule has 0 aromatic heterocycles. The number of rotatable bonds is 2. The van der Waals surface area contributed by atoms with Crippen LogP contribution in [0.3, 0.4) is 0 Å². The van der Waals surface area contributed by atoms with E-state index in [1.807, 2.05) is 0 Å². The van der Waals surface area contributed by atoms with Gasteiger partial charge < -0.3 is 20.1 Å². The van der Waals surface area contributed by atoms with Crippen molar-refractivity contribution in [2.75, 3.05) is 6.61 Å². The van der Waals surface area contributed by atoms with E-state index in [0.717, 1.165) is 0 Å². The monoisotopic (exact) mass is 190 g/mol. The van der Waals surface area contributed by atoms with Crippen LogP contribution in [0, 0.1) is 0 Å². The first-order valence-corrected chi connectivity index (χ1v) is 4.15. The van der Waals surface area contributed by atoms with Crippen LogP contribution in [0.4, 0.5) is 0 Å². The number of aliphatic hydroxyl groups is 3. The van der Waals surface area contributed by atoms with Gasteiger partial charge in [0.25, 0.3) is 0 Å². The molecule has 3 atom stereocenters. The molecule has 0 saturated carbocycles. The minimum atomic E-state index is -1.54. The summed E-state index contributed by atoms with van der Waals surface area (Å²) in [4.78, 5) is 10.8. The van der Waals surface area contributed by atoms with Crippen LogP contribution in [0.15, 0.2) is 0 Å². The van der Waals surface area contributed by atoms with E-state index in [-0.39, 0.29) is 25.2 Å². The third-order valence-electron chi connectivity index (χ3n) is 2.20. The number of hydrogen-bond acceptors (Lipinski definition) is 5. The maximum atomic E-state index is 10.8. The van der Waals surface area contributed by atoms with Gasteiger partial charge in [-0.2, -0.15) is 0 Å². The average molecular weight is 190 g/mol. The van der Waals surface area contributed by atoms with Crippen LogP contribution in [0.2, 0.25) is 0 Å². The maximum Gasteiger partial charge on any atom is 0.183 e. The Labute approximate surface area is 75.9 Å². The number of carbonyl (C=O) groups excluding carboxylic acids is 1. The van der Waals surface area contributed by atoms with E-state index in [4.69, 9.17) is 9.84 Å². The van der Waals surface area contributed by atoms with Gasteiger partial charge in [0.2, 0.25) is 0 Å². The number of ether oxygens (including phenoxy) is 1. The van der Waals surface area contributed by atoms with Crippen molar-refractivity contribution < 1.29 is 24.9 Å². The molecular weight excluding hydrogens is 176 g/mol. The SMILES string of the molecule is CC(=O)CC1(O)CCOC(O)C1O. The summed E-state index contributed by atoms with van der Waals surface area (Å²) >= 11 is 0. The zero-order valence-electron chi connectivity index (χ0n) is 7.43. The summed E-state index contributed by atoms with van der Waals surface area (Å²) in [5.74, 6) is -0.226. The molecule has 0 bridgehead atoms. The normalized spacial score (nSPS) is 40.3. The summed E-state index contributed by atoms with van der Waals surface area (Å²) in [5.41, 5.74) is -1.54. The van der Waals surface area contributed by atoms with Gasteiger partial charge in [-0.3, -0.25) is 4.79 Å². The molecule has 3 N–H and O–H groups in total. The van der Waals surface area contributed by atoms with Crippen LogP contribution in [-0.4, -0.2) is 45.7 Å². The van der Waals surface area contributed by atoms with E-state index < -0.39 is 18.0 Å². The van der Waals surface area contributed by atoms with Crippen molar-refractivity contribution in [2.24, 2.45) is 0 Å². The van der Waals surface area contributed by atoms with Crippen LogP contribution in [0.5, 0.6) is 0 Å². The lowest BCUT2D eigenvalue weighted by molar-refractivity contribution is -0.255. The summed E-state index contributed by atoms with van der Waals surface area (Å²) in [6.45, 7) is 1.47. The highest BCUT2D eigenvalue weighted by Crippen LogP contribution is 2.27. The fourth-order valence-corrected chi connectivity index (χ4v) is 1.48. The van der Waals surface area contributed by atoms with Gasteiger partial charge in [0, 0.05) is 12.8 Å². The molecule has 1 rings (SSSR count). The van der Waals surface area contributed by atoms with Crippen molar-refractivity contribution in [3.8, 4) is 0 Å². The number of carbonyl (C=O) groups is 1. The fraction of sp³-hybridized carbons (Fsp3) is 0.875. The molecule has 1 aliphatic rings. The van der Waals surface area contributed by atoms with E-state index >= 15 is 0 Å². The minimum Gasteiger partial charge on any atom is -0.386 e. The first-order valence-electron chi connectivity index (χ1n) is 4.15. The van der Waals surface area contributed by atoms with Crippen LogP contribution >= 0.6 is 0 Å². The highest BCUT2D eigenvalue weighted by Gasteiger charge is 2.44. The molecule has 0 spiro atoms. The molecule has 0 radical (unpaired) electrons. The van der Waals surface area contributed by atoms with Crippen LogP contribution in [0.25, 0.3) is 0 Å². The Hall–Kier alpha value is -0.490. The minimum absolute atomic E-state index is 0.141. The summed E-state index contributed by atoms with van der Waals surface area (Å²) in [6.07, 6.45) is -2.82. The largest absolute Gasteiger partial charge is 0.386 e. The Bertz CT molecular complexity index is 205. The molecule has 76 valence electrons. The number of Topliss-reactive ketones (excluding diaryl/α,β-unsaturated/α-hetero) is 1. The summed E-state index contributed by atoms with van der Waals surface area (Å²) < 4.78 is 4.70. The van der Waals surface area contributed by atoms with E-state index in [9.17, 15) is 15.0 Å². The van der Waals surface area contributed by atoms with E-state index in [1.54, 1.807) is 0 Å². The van der Waals surface area contributed by atoms with Gasteiger partial charge >= 0.3 is 0 Å². The molecule has 1 aliphatic heterocycles. The molecular formula is C8H14O5. The summed E-state index contributed by atoms with van der Waals surface area (Å²) in [5, 5.41) is 28.2. The van der Waals surface area contributed by atoms with Crippen molar-refractivity contribution in [3.05, 3.63) is 0 Å². The molecule has 13 heavy (non-hydrogen) atoms. The Kier molecular flexibility index (Phi) is 3.02. The van der Waals surface area contributed by atoms with Gasteiger partial charge in [0.1, 0.15) is 17.5 Å². The Balaban J connectivity index is 2.69. The second-order valence-electron chi connectivity index (χ2n) is 3.44. The Morgan fingerprint density at radius 2 is 2.23 bits per heavy atom. The molecule has 5 heteroatoms. The highest BCUT2D eigenvalue weighted by atomic mass is 16.6. The average Bonchev–Trinajstić information content (AvgIpc) is 1.99. The van der Waals surface area contributed by atoms with E-state index in [2.05, 4.69) is 0 Å². The van der Waals surface area contributed by atoms with Crippen molar-refractivity contribution in [3.63, 3.8) is 0 Å². The molecule has 1 fully saturated rings. The lowest BCUT2D eigenvalue weighted by Gasteiger charge is -2.38. The van der Waals surface area contributed by atoms with Crippen LogP contribution in [-0.2, 0) is 9.53 Å². The van der Waals surface area contributed by atoms with E-state index in [0.29, 0.717) is 0 Å². The summed E-state index contributed by atoms with van der Waals surface area (Å²) in [7, 11) is 0. The van der Waals surface area contributed by atoms with Crippen LogP contribution in [0.1, 0.15) is 19.8 Å². The van der Waals surface area contributed by atoms with E-state index in [1.165, 1.54) is 6.92 Å². The lowest BCUT2D eigenvalue weighted by Crippen LogP contribution is -2.55. The van der Waals surface area contributed by atoms with Gasteiger partial charge in [-0.1, -0.05) is 0 Å². The molecule has 1 heterocycles.